The van der Waals surface area contributed by atoms with Crippen molar-refractivity contribution in [2.45, 2.75) is 32.2 Å². The quantitative estimate of drug-likeness (QED) is 0.721. The fourth-order valence-electron chi connectivity index (χ4n) is 2.39. The molecule has 4 heteroatoms. The Kier molecular flexibility index (Phi) is 4.96. The average molecular weight is 373 g/mol. The summed E-state index contributed by atoms with van der Waals surface area (Å²) in [5.74, 6) is 0. The Morgan fingerprint density at radius 3 is 2.40 bits per heavy atom. The summed E-state index contributed by atoms with van der Waals surface area (Å²) in [5, 5.41) is 3.42. The van der Waals surface area contributed by atoms with Crippen LogP contribution in [-0.4, -0.2) is 7.05 Å². The second kappa shape index (κ2) is 6.18. The van der Waals surface area contributed by atoms with E-state index in [1.807, 2.05) is 7.05 Å². The van der Waals surface area contributed by atoms with Gasteiger partial charge in [-0.2, -0.15) is 0 Å². The fraction of sp³-hybridized carbons (Fsp3) is 0.375. The van der Waals surface area contributed by atoms with E-state index in [1.54, 1.807) is 11.3 Å². The van der Waals surface area contributed by atoms with Crippen molar-refractivity contribution in [3.8, 4) is 0 Å². The van der Waals surface area contributed by atoms with E-state index in [-0.39, 0.29) is 11.5 Å². The molecule has 0 aliphatic heterocycles. The molecule has 0 amide bonds. The van der Waals surface area contributed by atoms with E-state index in [2.05, 4.69) is 72.3 Å². The van der Waals surface area contributed by atoms with Crippen LogP contribution < -0.4 is 5.32 Å². The first-order valence-corrected chi connectivity index (χ1v) is 8.54. The van der Waals surface area contributed by atoms with Crippen molar-refractivity contribution in [3.05, 3.63) is 55.1 Å². The Hall–Kier alpha value is -0.350. The molecule has 1 N–H and O–H groups in total. The van der Waals surface area contributed by atoms with Crippen LogP contribution in [0.25, 0.3) is 0 Å². The summed E-state index contributed by atoms with van der Waals surface area (Å²) in [4.78, 5) is 1.22. The normalized spacial score (nSPS) is 13.5. The zero-order valence-corrected chi connectivity index (χ0v) is 15.3. The summed E-state index contributed by atoms with van der Waals surface area (Å²) < 4.78 is 1.76. The Labute approximate surface area is 138 Å². The molecule has 0 radical (unpaired) electrons. The highest BCUT2D eigenvalue weighted by Gasteiger charge is 2.24. The van der Waals surface area contributed by atoms with Gasteiger partial charge in [-0.3, -0.25) is 0 Å². The molecule has 1 aromatic carbocycles. The molecule has 0 fully saturated rings. The van der Waals surface area contributed by atoms with Gasteiger partial charge in [-0.15, -0.1) is 11.3 Å². The monoisotopic (exact) mass is 371 g/mol. The zero-order chi connectivity index (χ0) is 14.9. The molecule has 108 valence electrons. The molecule has 0 spiro atoms. The van der Waals surface area contributed by atoms with Crippen LogP contribution in [0.2, 0.25) is 4.34 Å². The number of halogens is 2. The van der Waals surface area contributed by atoms with Gasteiger partial charge in [0.1, 0.15) is 4.34 Å². The molecule has 1 heterocycles. The van der Waals surface area contributed by atoms with Gasteiger partial charge in [0.25, 0.3) is 0 Å². The molecule has 20 heavy (non-hydrogen) atoms. The maximum atomic E-state index is 6.19. The summed E-state index contributed by atoms with van der Waals surface area (Å²) in [6.45, 7) is 6.74. The second-order valence-corrected chi connectivity index (χ2v) is 8.37. The molecular weight excluding hydrogens is 354 g/mol. The number of nitrogens with one attached hydrogen (secondary N) is 1. The lowest BCUT2D eigenvalue weighted by molar-refractivity contribution is 0.568. The van der Waals surface area contributed by atoms with Crippen molar-refractivity contribution < 1.29 is 0 Å². The predicted octanol–water partition coefficient (Wildman–Crippen LogP) is 5.77. The van der Waals surface area contributed by atoms with Crippen LogP contribution in [0, 0.1) is 0 Å². The largest absolute Gasteiger partial charge is 0.309 e. The van der Waals surface area contributed by atoms with Crippen molar-refractivity contribution in [3.63, 3.8) is 0 Å². The fourth-order valence-corrected chi connectivity index (χ4v) is 4.25. The van der Waals surface area contributed by atoms with E-state index in [1.165, 1.54) is 16.0 Å². The van der Waals surface area contributed by atoms with Gasteiger partial charge >= 0.3 is 0 Å². The first kappa shape index (κ1) is 16.0. The number of hydrogen-bond acceptors (Lipinski definition) is 2. The van der Waals surface area contributed by atoms with Crippen LogP contribution in [0.1, 0.15) is 42.8 Å². The summed E-state index contributed by atoms with van der Waals surface area (Å²) in [6, 6.07) is 10.9. The van der Waals surface area contributed by atoms with Crippen LogP contribution in [-0.2, 0) is 5.41 Å². The van der Waals surface area contributed by atoms with Gasteiger partial charge in [0.2, 0.25) is 0 Å². The average Bonchev–Trinajstić information content (AvgIpc) is 2.70. The molecule has 0 saturated heterocycles. The first-order chi connectivity index (χ1) is 9.34. The van der Waals surface area contributed by atoms with Gasteiger partial charge in [0.05, 0.1) is 6.04 Å². The lowest BCUT2D eigenvalue weighted by Gasteiger charge is -2.27. The van der Waals surface area contributed by atoms with Crippen molar-refractivity contribution in [1.82, 2.24) is 5.32 Å². The molecule has 1 nitrogen and oxygen atoms in total. The van der Waals surface area contributed by atoms with E-state index in [4.69, 9.17) is 11.6 Å². The highest BCUT2D eigenvalue weighted by molar-refractivity contribution is 9.10. The zero-order valence-electron chi connectivity index (χ0n) is 12.1. The number of thiophene rings is 1. The lowest BCUT2D eigenvalue weighted by Crippen LogP contribution is -2.22. The van der Waals surface area contributed by atoms with Crippen molar-refractivity contribution in [1.29, 1.82) is 0 Å². The van der Waals surface area contributed by atoms with E-state index in [0.29, 0.717) is 0 Å². The van der Waals surface area contributed by atoms with Crippen molar-refractivity contribution in [2.75, 3.05) is 7.05 Å². The minimum atomic E-state index is 0.115. The molecule has 0 bridgehead atoms. The molecule has 0 aliphatic carbocycles. The maximum absolute atomic E-state index is 6.19. The first-order valence-electron chi connectivity index (χ1n) is 6.56. The molecule has 1 unspecified atom stereocenters. The van der Waals surface area contributed by atoms with E-state index >= 15 is 0 Å². The second-order valence-electron chi connectivity index (χ2n) is 5.83. The van der Waals surface area contributed by atoms with Gasteiger partial charge in [-0.25, -0.2) is 0 Å². The Morgan fingerprint density at radius 2 is 1.90 bits per heavy atom. The SMILES string of the molecule is CNC(c1cc(Br)c(Cl)s1)c1ccccc1C(C)(C)C. The number of benzene rings is 1. The summed E-state index contributed by atoms with van der Waals surface area (Å²) in [6.07, 6.45) is 0. The van der Waals surface area contributed by atoms with E-state index in [0.717, 1.165) is 8.81 Å². The number of rotatable bonds is 3. The predicted molar refractivity (Wildman–Crippen MR) is 93.1 cm³/mol. The smallest absolute Gasteiger partial charge is 0.107 e. The summed E-state index contributed by atoms with van der Waals surface area (Å²) in [7, 11) is 1.99. The van der Waals surface area contributed by atoms with Crippen molar-refractivity contribution in [2.24, 2.45) is 0 Å². The maximum Gasteiger partial charge on any atom is 0.107 e. The third kappa shape index (κ3) is 3.28. The Bertz CT molecular complexity index is 581. The lowest BCUT2D eigenvalue weighted by atomic mass is 9.81. The molecule has 1 aromatic heterocycles. The van der Waals surface area contributed by atoms with Gasteiger partial charge in [-0.05, 0) is 45.6 Å². The standard InChI is InChI=1S/C16H19BrClNS/c1-16(2,3)11-8-6-5-7-10(11)14(19-4)13-9-12(17)15(18)20-13/h5-9,14,19H,1-4H3. The molecule has 2 rings (SSSR count). The van der Waals surface area contributed by atoms with Crippen LogP contribution in [0.4, 0.5) is 0 Å². The minimum absolute atomic E-state index is 0.115. The van der Waals surface area contributed by atoms with Gasteiger partial charge in [0, 0.05) is 9.35 Å². The molecule has 0 aliphatic rings. The summed E-state index contributed by atoms with van der Waals surface area (Å²) >= 11 is 11.3. The van der Waals surface area contributed by atoms with Crippen molar-refractivity contribution >= 4 is 38.9 Å². The van der Waals surface area contributed by atoms with E-state index < -0.39 is 0 Å². The topological polar surface area (TPSA) is 12.0 Å². The number of hydrogen-bond donors (Lipinski definition) is 1. The molecular formula is C16H19BrClNS. The highest BCUT2D eigenvalue weighted by Crippen LogP contribution is 2.39. The van der Waals surface area contributed by atoms with Crippen LogP contribution in [0.15, 0.2) is 34.8 Å². The van der Waals surface area contributed by atoms with Gasteiger partial charge in [-0.1, -0.05) is 56.6 Å². The van der Waals surface area contributed by atoms with Gasteiger partial charge < -0.3 is 5.32 Å². The Balaban J connectivity index is 2.53. The molecule has 0 saturated carbocycles. The third-order valence-electron chi connectivity index (χ3n) is 3.32. The highest BCUT2D eigenvalue weighted by atomic mass is 79.9. The summed E-state index contributed by atoms with van der Waals surface area (Å²) in [5.41, 5.74) is 2.79. The Morgan fingerprint density at radius 1 is 1.25 bits per heavy atom. The van der Waals surface area contributed by atoms with Crippen LogP contribution in [0.3, 0.4) is 0 Å². The molecule has 1 atom stereocenters. The minimum Gasteiger partial charge on any atom is -0.309 e. The third-order valence-corrected chi connectivity index (χ3v) is 5.86. The van der Waals surface area contributed by atoms with Crippen LogP contribution >= 0.6 is 38.9 Å². The molecule has 2 aromatic rings. The van der Waals surface area contributed by atoms with Gasteiger partial charge in [0.15, 0.2) is 0 Å². The van der Waals surface area contributed by atoms with E-state index in [9.17, 15) is 0 Å². The van der Waals surface area contributed by atoms with Crippen LogP contribution in [0.5, 0.6) is 0 Å².